The Morgan fingerprint density at radius 2 is 2.07 bits per heavy atom. The van der Waals surface area contributed by atoms with Gasteiger partial charge in [0.2, 0.25) is 10.0 Å². The molecule has 1 N–H and O–H groups in total. The van der Waals surface area contributed by atoms with E-state index in [1.807, 2.05) is 37.3 Å². The molecule has 0 radical (unpaired) electrons. The Bertz CT molecular complexity index is 1190. The molecular formula is C20H21N3O4S2. The summed E-state index contributed by atoms with van der Waals surface area (Å²) in [5, 5.41) is 5.10. The largest absolute Gasteiger partial charge is 0.493 e. The van der Waals surface area contributed by atoms with Gasteiger partial charge in [-0.2, -0.15) is 4.31 Å². The summed E-state index contributed by atoms with van der Waals surface area (Å²) >= 11 is 1.31. The first-order chi connectivity index (χ1) is 13.9. The van der Waals surface area contributed by atoms with Crippen LogP contribution in [0.3, 0.4) is 0 Å². The number of fused-ring (bicyclic) bond motifs is 2. The third-order valence-electron chi connectivity index (χ3n) is 4.80. The lowest BCUT2D eigenvalue weighted by Crippen LogP contribution is -2.34. The molecule has 152 valence electrons. The molecule has 1 amide bonds. The van der Waals surface area contributed by atoms with E-state index in [9.17, 15) is 13.2 Å². The Labute approximate surface area is 173 Å². The van der Waals surface area contributed by atoms with Gasteiger partial charge in [-0.3, -0.25) is 10.1 Å². The summed E-state index contributed by atoms with van der Waals surface area (Å²) < 4.78 is 30.7. The standard InChI is InChI=1S/C20H21N3O4S2/c1-3-27-16-9-8-13-6-4-5-7-14(13)18(16)19(24)22-20-21-15-10-11-23(29(2,25)26)12-17(15)28-20/h4-9H,3,10-12H2,1-2H3,(H,21,22,24). The first-order valence-corrected chi connectivity index (χ1v) is 11.9. The maximum absolute atomic E-state index is 13.1. The first-order valence-electron chi connectivity index (χ1n) is 9.26. The first kappa shape index (κ1) is 19.8. The number of amides is 1. The third-order valence-corrected chi connectivity index (χ3v) is 7.05. The van der Waals surface area contributed by atoms with Crippen molar-refractivity contribution < 1.29 is 17.9 Å². The van der Waals surface area contributed by atoms with Gasteiger partial charge in [-0.15, -0.1) is 11.3 Å². The molecule has 4 rings (SSSR count). The van der Waals surface area contributed by atoms with Crippen LogP contribution in [0.1, 0.15) is 27.9 Å². The molecule has 0 saturated heterocycles. The number of carbonyl (C=O) groups excluding carboxylic acids is 1. The molecule has 29 heavy (non-hydrogen) atoms. The van der Waals surface area contributed by atoms with Crippen LogP contribution in [0.2, 0.25) is 0 Å². The quantitative estimate of drug-likeness (QED) is 0.670. The predicted octanol–water partition coefficient (Wildman–Crippen LogP) is 3.27. The zero-order valence-electron chi connectivity index (χ0n) is 16.1. The van der Waals surface area contributed by atoms with Crippen LogP contribution in [0.15, 0.2) is 36.4 Å². The highest BCUT2D eigenvalue weighted by Gasteiger charge is 2.27. The normalized spacial score (nSPS) is 14.6. The molecule has 2 heterocycles. The highest BCUT2D eigenvalue weighted by Crippen LogP contribution is 2.32. The van der Waals surface area contributed by atoms with Gasteiger partial charge in [0.05, 0.1) is 24.1 Å². The van der Waals surface area contributed by atoms with Crippen LogP contribution in [0.5, 0.6) is 5.75 Å². The lowest BCUT2D eigenvalue weighted by molar-refractivity contribution is 0.102. The van der Waals surface area contributed by atoms with Crippen LogP contribution in [0.4, 0.5) is 5.13 Å². The second-order valence-corrected chi connectivity index (χ2v) is 9.85. The van der Waals surface area contributed by atoms with Crippen molar-refractivity contribution in [1.29, 1.82) is 0 Å². The van der Waals surface area contributed by atoms with E-state index in [4.69, 9.17) is 4.74 Å². The van der Waals surface area contributed by atoms with Crippen LogP contribution in [-0.4, -0.2) is 43.0 Å². The van der Waals surface area contributed by atoms with Gasteiger partial charge in [0.15, 0.2) is 5.13 Å². The number of carbonyl (C=O) groups is 1. The molecule has 0 spiro atoms. The molecule has 0 saturated carbocycles. The van der Waals surface area contributed by atoms with Gasteiger partial charge in [-0.1, -0.05) is 30.3 Å². The lowest BCUT2D eigenvalue weighted by atomic mass is 10.0. The monoisotopic (exact) mass is 431 g/mol. The van der Waals surface area contributed by atoms with Crippen LogP contribution in [-0.2, 0) is 23.0 Å². The number of rotatable bonds is 5. The second kappa shape index (κ2) is 7.74. The lowest BCUT2D eigenvalue weighted by Gasteiger charge is -2.23. The summed E-state index contributed by atoms with van der Waals surface area (Å²) in [5.74, 6) is 0.226. The zero-order valence-corrected chi connectivity index (χ0v) is 17.8. The smallest absolute Gasteiger partial charge is 0.261 e. The minimum Gasteiger partial charge on any atom is -0.493 e. The number of hydrogen-bond acceptors (Lipinski definition) is 6. The van der Waals surface area contributed by atoms with Crippen molar-refractivity contribution in [2.75, 3.05) is 24.7 Å². The summed E-state index contributed by atoms with van der Waals surface area (Å²) in [6.07, 6.45) is 1.74. The van der Waals surface area contributed by atoms with Crippen molar-refractivity contribution in [3.05, 3.63) is 52.5 Å². The number of anilines is 1. The van der Waals surface area contributed by atoms with E-state index >= 15 is 0 Å². The highest BCUT2D eigenvalue weighted by molar-refractivity contribution is 7.88. The molecule has 0 fully saturated rings. The molecule has 2 aromatic carbocycles. The fourth-order valence-corrected chi connectivity index (χ4v) is 5.32. The summed E-state index contributed by atoms with van der Waals surface area (Å²) in [7, 11) is -3.25. The van der Waals surface area contributed by atoms with Gasteiger partial charge in [0, 0.05) is 24.4 Å². The Morgan fingerprint density at radius 3 is 2.83 bits per heavy atom. The molecule has 1 aliphatic rings. The maximum Gasteiger partial charge on any atom is 0.261 e. The Kier molecular flexibility index (Phi) is 5.28. The van der Waals surface area contributed by atoms with E-state index in [0.29, 0.717) is 42.6 Å². The average Bonchev–Trinajstić information content (AvgIpc) is 3.08. The number of sulfonamides is 1. The number of thiazole rings is 1. The third kappa shape index (κ3) is 3.98. The predicted molar refractivity (Wildman–Crippen MR) is 114 cm³/mol. The van der Waals surface area contributed by atoms with Crippen LogP contribution in [0.25, 0.3) is 10.8 Å². The number of ether oxygens (including phenoxy) is 1. The highest BCUT2D eigenvalue weighted by atomic mass is 32.2. The molecule has 1 aliphatic heterocycles. The zero-order chi connectivity index (χ0) is 20.6. The molecule has 7 nitrogen and oxygen atoms in total. The SMILES string of the molecule is CCOc1ccc2ccccc2c1C(=O)Nc1nc2c(s1)CN(S(C)(=O)=O)CC2. The maximum atomic E-state index is 13.1. The Balaban J connectivity index is 1.64. The van der Waals surface area contributed by atoms with Gasteiger partial charge in [-0.05, 0) is 23.8 Å². The Morgan fingerprint density at radius 1 is 1.28 bits per heavy atom. The minimum atomic E-state index is -3.25. The van der Waals surface area contributed by atoms with Crippen LogP contribution >= 0.6 is 11.3 Å². The summed E-state index contributed by atoms with van der Waals surface area (Å²) in [6.45, 7) is 3.02. The van der Waals surface area contributed by atoms with Crippen LogP contribution < -0.4 is 10.1 Å². The van der Waals surface area contributed by atoms with Gasteiger partial charge in [0.1, 0.15) is 5.75 Å². The molecule has 3 aromatic rings. The van der Waals surface area contributed by atoms with Gasteiger partial charge in [-0.25, -0.2) is 13.4 Å². The van der Waals surface area contributed by atoms with E-state index in [2.05, 4.69) is 10.3 Å². The van der Waals surface area contributed by atoms with Crippen molar-refractivity contribution >= 4 is 43.2 Å². The van der Waals surface area contributed by atoms with Gasteiger partial charge < -0.3 is 4.74 Å². The summed E-state index contributed by atoms with van der Waals surface area (Å²) in [6, 6.07) is 11.4. The van der Waals surface area contributed by atoms with Crippen molar-refractivity contribution in [1.82, 2.24) is 9.29 Å². The van der Waals surface area contributed by atoms with E-state index in [1.54, 1.807) is 6.07 Å². The van der Waals surface area contributed by atoms with Crippen molar-refractivity contribution in [3.63, 3.8) is 0 Å². The molecule has 1 aromatic heterocycles. The molecule has 0 bridgehead atoms. The summed E-state index contributed by atoms with van der Waals surface area (Å²) in [5.41, 5.74) is 1.31. The number of aromatic nitrogens is 1. The molecule has 0 atom stereocenters. The number of nitrogens with zero attached hydrogens (tertiary/aromatic N) is 2. The van der Waals surface area contributed by atoms with E-state index in [-0.39, 0.29) is 5.91 Å². The van der Waals surface area contributed by atoms with Crippen molar-refractivity contribution in [3.8, 4) is 5.75 Å². The minimum absolute atomic E-state index is 0.292. The van der Waals surface area contributed by atoms with E-state index in [1.165, 1.54) is 21.9 Å². The number of hydrogen-bond donors (Lipinski definition) is 1. The summed E-state index contributed by atoms with van der Waals surface area (Å²) in [4.78, 5) is 18.5. The van der Waals surface area contributed by atoms with Crippen LogP contribution in [0, 0.1) is 0 Å². The molecule has 0 aliphatic carbocycles. The van der Waals surface area contributed by atoms with Gasteiger partial charge >= 0.3 is 0 Å². The van der Waals surface area contributed by atoms with Gasteiger partial charge in [0.25, 0.3) is 5.91 Å². The second-order valence-electron chi connectivity index (χ2n) is 6.78. The Hall–Kier alpha value is -2.49. The number of benzene rings is 2. The molecular weight excluding hydrogens is 410 g/mol. The fraction of sp³-hybridized carbons (Fsp3) is 0.300. The molecule has 9 heteroatoms. The van der Waals surface area contributed by atoms with E-state index in [0.717, 1.165) is 21.3 Å². The van der Waals surface area contributed by atoms with E-state index < -0.39 is 10.0 Å². The number of nitrogens with one attached hydrogen (secondary N) is 1. The average molecular weight is 432 g/mol. The fourth-order valence-electron chi connectivity index (χ4n) is 3.43. The van der Waals surface area contributed by atoms with Crippen molar-refractivity contribution in [2.24, 2.45) is 0 Å². The topological polar surface area (TPSA) is 88.6 Å². The molecule has 0 unspecified atom stereocenters. The van der Waals surface area contributed by atoms with Crippen molar-refractivity contribution in [2.45, 2.75) is 19.9 Å².